The zero-order chi connectivity index (χ0) is 10.3. The number of aliphatic hydroxyl groups excluding tert-OH is 1. The molecule has 0 aliphatic rings. The fourth-order valence-electron chi connectivity index (χ4n) is 1.23. The first-order valence-electron chi connectivity index (χ1n) is 4.01. The highest BCUT2D eigenvalue weighted by Gasteiger charge is 2.11. The van der Waals surface area contributed by atoms with E-state index in [1.165, 1.54) is 11.3 Å². The molecular formula is C9H7BrClNOS. The number of aliphatic hydroxyl groups is 1. The molecule has 74 valence electrons. The third-order valence-electron chi connectivity index (χ3n) is 1.91. The van der Waals surface area contributed by atoms with E-state index in [4.69, 9.17) is 11.6 Å². The van der Waals surface area contributed by atoms with Crippen molar-refractivity contribution in [1.82, 2.24) is 4.98 Å². The van der Waals surface area contributed by atoms with Gasteiger partial charge in [0, 0.05) is 10.9 Å². The molecule has 0 aliphatic heterocycles. The number of hydrogen-bond acceptors (Lipinski definition) is 3. The minimum Gasteiger partial charge on any atom is -0.389 e. The van der Waals surface area contributed by atoms with Crippen LogP contribution in [0.3, 0.4) is 0 Å². The van der Waals surface area contributed by atoms with Gasteiger partial charge in [0.25, 0.3) is 0 Å². The van der Waals surface area contributed by atoms with Crippen LogP contribution in [0.5, 0.6) is 0 Å². The maximum absolute atomic E-state index is 9.44. The van der Waals surface area contributed by atoms with Crippen LogP contribution in [0, 0.1) is 0 Å². The Kier molecular flexibility index (Phi) is 2.79. The highest BCUT2D eigenvalue weighted by molar-refractivity contribution is 9.11. The van der Waals surface area contributed by atoms with Crippen LogP contribution in [0.4, 0.5) is 0 Å². The first kappa shape index (κ1) is 10.4. The van der Waals surface area contributed by atoms with Gasteiger partial charge < -0.3 is 5.11 Å². The lowest BCUT2D eigenvalue weighted by Gasteiger charge is -2.05. The Morgan fingerprint density at radius 3 is 2.93 bits per heavy atom. The first-order chi connectivity index (χ1) is 6.58. The van der Waals surface area contributed by atoms with Gasteiger partial charge in [-0.3, -0.25) is 0 Å². The van der Waals surface area contributed by atoms with Crippen LogP contribution >= 0.6 is 38.9 Å². The van der Waals surface area contributed by atoms with Crippen molar-refractivity contribution in [2.45, 2.75) is 13.0 Å². The predicted octanol–water partition coefficient (Wildman–Crippen LogP) is 3.77. The summed E-state index contributed by atoms with van der Waals surface area (Å²) >= 11 is 10.8. The molecule has 0 aromatic carbocycles. The van der Waals surface area contributed by atoms with Gasteiger partial charge >= 0.3 is 0 Å². The van der Waals surface area contributed by atoms with Crippen LogP contribution in [-0.4, -0.2) is 10.1 Å². The van der Waals surface area contributed by atoms with Gasteiger partial charge in [-0.1, -0.05) is 11.6 Å². The molecule has 1 atom stereocenters. The molecule has 14 heavy (non-hydrogen) atoms. The predicted molar refractivity (Wildman–Crippen MR) is 63.0 cm³/mol. The zero-order valence-electron chi connectivity index (χ0n) is 7.29. The van der Waals surface area contributed by atoms with Gasteiger partial charge in [-0.2, -0.15) is 0 Å². The summed E-state index contributed by atoms with van der Waals surface area (Å²) in [4.78, 5) is 5.09. The van der Waals surface area contributed by atoms with Crippen LogP contribution in [0.1, 0.15) is 18.6 Å². The third-order valence-corrected chi connectivity index (χ3v) is 3.76. The molecule has 0 radical (unpaired) electrons. The van der Waals surface area contributed by atoms with Gasteiger partial charge in [-0.05, 0) is 35.0 Å². The van der Waals surface area contributed by atoms with Crippen molar-refractivity contribution >= 4 is 49.1 Å². The highest BCUT2D eigenvalue weighted by atomic mass is 79.9. The topological polar surface area (TPSA) is 33.1 Å². The fourth-order valence-corrected chi connectivity index (χ4v) is 3.03. The molecule has 1 unspecified atom stereocenters. The maximum atomic E-state index is 9.44. The van der Waals surface area contributed by atoms with Crippen LogP contribution in [0.25, 0.3) is 10.2 Å². The minimum absolute atomic E-state index is 0.377. The number of halogens is 2. The van der Waals surface area contributed by atoms with Gasteiger partial charge in [-0.25, -0.2) is 4.98 Å². The smallest absolute Gasteiger partial charge is 0.136 e. The second-order valence-corrected chi connectivity index (χ2v) is 5.76. The first-order valence-corrected chi connectivity index (χ1v) is 6.00. The second kappa shape index (κ2) is 3.77. The second-order valence-electron chi connectivity index (χ2n) is 2.99. The Hall–Kier alpha value is -0.160. The van der Waals surface area contributed by atoms with Crippen LogP contribution < -0.4 is 0 Å². The summed E-state index contributed by atoms with van der Waals surface area (Å²) in [6.07, 6.45) is -0.585. The van der Waals surface area contributed by atoms with Gasteiger partial charge in [0.1, 0.15) is 9.98 Å². The lowest BCUT2D eigenvalue weighted by Crippen LogP contribution is -1.93. The van der Waals surface area contributed by atoms with E-state index in [0.29, 0.717) is 10.7 Å². The number of pyridine rings is 1. The molecule has 1 N–H and O–H groups in total. The molecule has 0 aliphatic carbocycles. The molecule has 0 fully saturated rings. The molecule has 0 amide bonds. The molecule has 0 spiro atoms. The van der Waals surface area contributed by atoms with E-state index < -0.39 is 6.10 Å². The van der Waals surface area contributed by atoms with Crippen molar-refractivity contribution in [3.63, 3.8) is 0 Å². The molecule has 5 heteroatoms. The quantitative estimate of drug-likeness (QED) is 0.812. The molecule has 0 saturated heterocycles. The van der Waals surface area contributed by atoms with Crippen molar-refractivity contribution in [3.05, 3.63) is 26.6 Å². The maximum Gasteiger partial charge on any atom is 0.136 e. The largest absolute Gasteiger partial charge is 0.389 e. The van der Waals surface area contributed by atoms with E-state index in [2.05, 4.69) is 20.9 Å². The SMILES string of the molecule is CC(O)c1cc2cc(Br)sc2nc1Cl. The molecule has 2 aromatic rings. The molecule has 2 rings (SSSR count). The number of fused-ring (bicyclic) bond motifs is 1. The summed E-state index contributed by atoms with van der Waals surface area (Å²) in [6.45, 7) is 1.68. The summed E-state index contributed by atoms with van der Waals surface area (Å²) < 4.78 is 1.01. The van der Waals surface area contributed by atoms with E-state index >= 15 is 0 Å². The lowest BCUT2D eigenvalue weighted by molar-refractivity contribution is 0.199. The number of nitrogens with zero attached hydrogens (tertiary/aromatic N) is 1. The van der Waals surface area contributed by atoms with E-state index in [0.717, 1.165) is 14.0 Å². The van der Waals surface area contributed by atoms with Gasteiger partial charge in [0.15, 0.2) is 0 Å². The van der Waals surface area contributed by atoms with Crippen LogP contribution in [0.2, 0.25) is 5.15 Å². The summed E-state index contributed by atoms with van der Waals surface area (Å²) in [6, 6.07) is 3.84. The standard InChI is InChI=1S/C9H7BrClNOS/c1-4(13)6-2-5-3-7(10)14-9(5)12-8(6)11/h2-4,13H,1H3. The van der Waals surface area contributed by atoms with Gasteiger partial charge in [-0.15, -0.1) is 11.3 Å². The Bertz CT molecular complexity index is 483. The average molecular weight is 293 g/mol. The minimum atomic E-state index is -0.585. The summed E-state index contributed by atoms with van der Waals surface area (Å²) in [5.74, 6) is 0. The average Bonchev–Trinajstić information content (AvgIpc) is 2.42. The molecular weight excluding hydrogens is 286 g/mol. The zero-order valence-corrected chi connectivity index (χ0v) is 10.4. The third kappa shape index (κ3) is 1.80. The fraction of sp³-hybridized carbons (Fsp3) is 0.222. The van der Waals surface area contributed by atoms with Crippen LogP contribution in [0.15, 0.2) is 15.9 Å². The molecule has 2 heterocycles. The van der Waals surface area contributed by atoms with E-state index in [-0.39, 0.29) is 0 Å². The van der Waals surface area contributed by atoms with Crippen molar-refractivity contribution in [2.24, 2.45) is 0 Å². The Morgan fingerprint density at radius 2 is 2.29 bits per heavy atom. The molecule has 2 aromatic heterocycles. The summed E-state index contributed by atoms with van der Waals surface area (Å²) in [5, 5.41) is 10.8. The van der Waals surface area contributed by atoms with E-state index in [1.54, 1.807) is 6.92 Å². The van der Waals surface area contributed by atoms with Crippen molar-refractivity contribution in [3.8, 4) is 0 Å². The van der Waals surface area contributed by atoms with E-state index in [1.807, 2.05) is 12.1 Å². The summed E-state index contributed by atoms with van der Waals surface area (Å²) in [7, 11) is 0. The summed E-state index contributed by atoms with van der Waals surface area (Å²) in [5.41, 5.74) is 0.671. The van der Waals surface area contributed by atoms with Crippen molar-refractivity contribution < 1.29 is 5.11 Å². The lowest BCUT2D eigenvalue weighted by atomic mass is 10.1. The monoisotopic (exact) mass is 291 g/mol. The van der Waals surface area contributed by atoms with Gasteiger partial charge in [0.05, 0.1) is 9.89 Å². The van der Waals surface area contributed by atoms with E-state index in [9.17, 15) is 5.11 Å². The molecule has 0 bridgehead atoms. The Morgan fingerprint density at radius 1 is 1.57 bits per heavy atom. The number of rotatable bonds is 1. The van der Waals surface area contributed by atoms with Gasteiger partial charge in [0.2, 0.25) is 0 Å². The Balaban J connectivity index is 2.70. The highest BCUT2D eigenvalue weighted by Crippen LogP contribution is 2.32. The molecule has 0 saturated carbocycles. The van der Waals surface area contributed by atoms with Crippen molar-refractivity contribution in [2.75, 3.05) is 0 Å². The number of aromatic nitrogens is 1. The van der Waals surface area contributed by atoms with Crippen molar-refractivity contribution in [1.29, 1.82) is 0 Å². The number of hydrogen-bond donors (Lipinski definition) is 1. The Labute approximate surface area is 98.7 Å². The van der Waals surface area contributed by atoms with Crippen LogP contribution in [-0.2, 0) is 0 Å². The normalized spacial score (nSPS) is 13.4. The number of thiophene rings is 1. The molecule has 2 nitrogen and oxygen atoms in total.